The Morgan fingerprint density at radius 3 is 2.36 bits per heavy atom. The molecule has 0 bridgehead atoms. The predicted molar refractivity (Wildman–Crippen MR) is 109 cm³/mol. The molecule has 0 aliphatic rings. The van der Waals surface area contributed by atoms with Crippen LogP contribution in [-0.2, 0) is 9.59 Å². The summed E-state index contributed by atoms with van der Waals surface area (Å²) >= 11 is 0. The van der Waals surface area contributed by atoms with E-state index in [1.165, 1.54) is 6.21 Å². The molecule has 6 nitrogen and oxygen atoms in total. The Labute approximate surface area is 162 Å². The smallest absolute Gasteiger partial charge is 0.329 e. The van der Waals surface area contributed by atoms with E-state index in [1.54, 1.807) is 24.3 Å². The summed E-state index contributed by atoms with van der Waals surface area (Å²) in [7, 11) is 0. The highest BCUT2D eigenvalue weighted by atomic mass is 16.5. The lowest BCUT2D eigenvalue weighted by molar-refractivity contribution is -0.136. The van der Waals surface area contributed by atoms with Gasteiger partial charge in [0.05, 0.1) is 6.21 Å². The Morgan fingerprint density at radius 1 is 0.857 bits per heavy atom. The van der Waals surface area contributed by atoms with Crippen molar-refractivity contribution in [3.63, 3.8) is 0 Å². The third-order valence-electron chi connectivity index (χ3n) is 3.82. The number of hydrogen-bond acceptors (Lipinski definition) is 4. The fourth-order valence-electron chi connectivity index (χ4n) is 2.39. The minimum atomic E-state index is -0.851. The molecular weight excluding hydrogens is 354 g/mol. The number of carbonyl (C=O) groups excluding carboxylic acids is 2. The second kappa shape index (κ2) is 9.14. The fraction of sp³-hybridized carbons (Fsp3) is 0.0455. The highest BCUT2D eigenvalue weighted by molar-refractivity contribution is 6.39. The Morgan fingerprint density at radius 2 is 1.57 bits per heavy atom. The van der Waals surface area contributed by atoms with Gasteiger partial charge in [-0.2, -0.15) is 5.10 Å². The molecule has 0 spiro atoms. The van der Waals surface area contributed by atoms with Crippen LogP contribution in [0.4, 0.5) is 5.69 Å². The van der Waals surface area contributed by atoms with E-state index in [0.717, 1.165) is 11.3 Å². The van der Waals surface area contributed by atoms with Crippen LogP contribution in [0.2, 0.25) is 0 Å². The van der Waals surface area contributed by atoms with Crippen molar-refractivity contribution in [2.75, 3.05) is 5.32 Å². The SMILES string of the molecule is Cc1ccccc1NC(=O)C(=O)N/N=C/c1cccc(Oc2ccccc2)c1. The van der Waals surface area contributed by atoms with E-state index >= 15 is 0 Å². The van der Waals surface area contributed by atoms with Gasteiger partial charge in [-0.05, 0) is 48.4 Å². The Balaban J connectivity index is 1.56. The first-order valence-electron chi connectivity index (χ1n) is 8.65. The number of carbonyl (C=O) groups is 2. The quantitative estimate of drug-likeness (QED) is 0.405. The number of anilines is 1. The summed E-state index contributed by atoms with van der Waals surface area (Å²) in [5.74, 6) is -0.277. The number of aryl methyl sites for hydroxylation is 1. The monoisotopic (exact) mass is 373 g/mol. The van der Waals surface area contributed by atoms with Crippen molar-refractivity contribution < 1.29 is 14.3 Å². The van der Waals surface area contributed by atoms with Gasteiger partial charge >= 0.3 is 11.8 Å². The number of nitrogens with one attached hydrogen (secondary N) is 2. The largest absolute Gasteiger partial charge is 0.457 e. The van der Waals surface area contributed by atoms with Gasteiger partial charge in [-0.25, -0.2) is 5.43 Å². The van der Waals surface area contributed by atoms with Gasteiger partial charge in [0, 0.05) is 5.69 Å². The molecule has 3 aromatic rings. The fourth-order valence-corrected chi connectivity index (χ4v) is 2.39. The molecule has 0 aromatic heterocycles. The molecule has 0 atom stereocenters. The summed E-state index contributed by atoms with van der Waals surface area (Å²) in [6.45, 7) is 1.84. The molecule has 0 fully saturated rings. The number of hydrogen-bond donors (Lipinski definition) is 2. The van der Waals surface area contributed by atoms with Crippen molar-refractivity contribution in [2.24, 2.45) is 5.10 Å². The van der Waals surface area contributed by atoms with Gasteiger partial charge < -0.3 is 10.1 Å². The normalized spacial score (nSPS) is 10.5. The molecular formula is C22H19N3O3. The highest BCUT2D eigenvalue weighted by Crippen LogP contribution is 2.21. The molecule has 0 saturated carbocycles. The molecule has 3 aromatic carbocycles. The van der Waals surface area contributed by atoms with Crippen LogP contribution < -0.4 is 15.5 Å². The second-order valence-electron chi connectivity index (χ2n) is 5.96. The first-order valence-corrected chi connectivity index (χ1v) is 8.65. The lowest BCUT2D eigenvalue weighted by Crippen LogP contribution is -2.32. The number of amides is 2. The number of ether oxygens (including phenoxy) is 1. The van der Waals surface area contributed by atoms with Crippen LogP contribution in [0.1, 0.15) is 11.1 Å². The maximum Gasteiger partial charge on any atom is 0.329 e. The van der Waals surface area contributed by atoms with E-state index in [1.807, 2.05) is 61.5 Å². The van der Waals surface area contributed by atoms with E-state index in [9.17, 15) is 9.59 Å². The van der Waals surface area contributed by atoms with Crippen LogP contribution in [0.3, 0.4) is 0 Å². The standard InChI is InChI=1S/C22H19N3O3/c1-16-8-5-6-13-20(16)24-21(26)22(27)25-23-15-17-9-7-12-19(14-17)28-18-10-3-2-4-11-18/h2-15H,1H3,(H,24,26)(H,25,27)/b23-15+. The van der Waals surface area contributed by atoms with Gasteiger partial charge in [-0.3, -0.25) is 9.59 Å². The van der Waals surface area contributed by atoms with Crippen molar-refractivity contribution in [1.82, 2.24) is 5.43 Å². The molecule has 3 rings (SSSR count). The summed E-state index contributed by atoms with van der Waals surface area (Å²) < 4.78 is 5.75. The van der Waals surface area contributed by atoms with Crippen molar-refractivity contribution in [2.45, 2.75) is 6.92 Å². The van der Waals surface area contributed by atoms with Crippen LogP contribution in [0.5, 0.6) is 11.5 Å². The molecule has 0 aliphatic carbocycles. The zero-order chi connectivity index (χ0) is 19.8. The molecule has 28 heavy (non-hydrogen) atoms. The van der Waals surface area contributed by atoms with Gasteiger partial charge in [0.15, 0.2) is 0 Å². The van der Waals surface area contributed by atoms with Gasteiger partial charge in [0.1, 0.15) is 11.5 Å². The van der Waals surface area contributed by atoms with E-state index in [-0.39, 0.29) is 0 Å². The molecule has 2 N–H and O–H groups in total. The van der Waals surface area contributed by atoms with Gasteiger partial charge in [0.25, 0.3) is 0 Å². The van der Waals surface area contributed by atoms with E-state index in [2.05, 4.69) is 15.8 Å². The molecule has 0 radical (unpaired) electrons. The van der Waals surface area contributed by atoms with Crippen molar-refractivity contribution in [3.05, 3.63) is 90.0 Å². The van der Waals surface area contributed by atoms with E-state index < -0.39 is 11.8 Å². The molecule has 0 unspecified atom stereocenters. The average Bonchev–Trinajstić information content (AvgIpc) is 2.70. The highest BCUT2D eigenvalue weighted by Gasteiger charge is 2.13. The Hall–Kier alpha value is -3.93. The second-order valence-corrected chi connectivity index (χ2v) is 5.96. The van der Waals surface area contributed by atoms with Gasteiger partial charge in [-0.1, -0.05) is 48.5 Å². The maximum absolute atomic E-state index is 11.9. The van der Waals surface area contributed by atoms with Crippen LogP contribution in [0, 0.1) is 6.92 Å². The average molecular weight is 373 g/mol. The van der Waals surface area contributed by atoms with Gasteiger partial charge in [0.2, 0.25) is 0 Å². The number of hydrazone groups is 1. The first kappa shape index (κ1) is 18.8. The topological polar surface area (TPSA) is 79.8 Å². The first-order chi connectivity index (χ1) is 13.6. The van der Waals surface area contributed by atoms with E-state index in [0.29, 0.717) is 17.0 Å². The number of benzene rings is 3. The van der Waals surface area contributed by atoms with Crippen LogP contribution in [0.25, 0.3) is 0 Å². The molecule has 0 heterocycles. The molecule has 140 valence electrons. The van der Waals surface area contributed by atoms with Crippen LogP contribution in [0.15, 0.2) is 84.0 Å². The number of nitrogens with zero attached hydrogens (tertiary/aromatic N) is 1. The number of para-hydroxylation sites is 2. The zero-order valence-corrected chi connectivity index (χ0v) is 15.3. The summed E-state index contributed by atoms with van der Waals surface area (Å²) in [6, 6.07) is 23.8. The molecule has 2 amide bonds. The van der Waals surface area contributed by atoms with E-state index in [4.69, 9.17) is 4.74 Å². The Bertz CT molecular complexity index is 1000. The predicted octanol–water partition coefficient (Wildman–Crippen LogP) is 3.88. The lowest BCUT2D eigenvalue weighted by atomic mass is 10.2. The third-order valence-corrected chi connectivity index (χ3v) is 3.82. The Kier molecular flexibility index (Phi) is 6.15. The lowest BCUT2D eigenvalue weighted by Gasteiger charge is -2.07. The van der Waals surface area contributed by atoms with Crippen LogP contribution >= 0.6 is 0 Å². The third kappa shape index (κ3) is 5.28. The minimum absolute atomic E-state index is 0.581. The molecule has 0 saturated heterocycles. The molecule has 6 heteroatoms. The van der Waals surface area contributed by atoms with Gasteiger partial charge in [-0.15, -0.1) is 0 Å². The maximum atomic E-state index is 11.9. The van der Waals surface area contributed by atoms with Crippen molar-refractivity contribution in [1.29, 1.82) is 0 Å². The number of rotatable bonds is 5. The summed E-state index contributed by atoms with van der Waals surface area (Å²) in [5.41, 5.74) is 4.38. The summed E-state index contributed by atoms with van der Waals surface area (Å²) in [5, 5.41) is 6.38. The summed E-state index contributed by atoms with van der Waals surface area (Å²) in [4.78, 5) is 23.8. The zero-order valence-electron chi connectivity index (χ0n) is 15.3. The van der Waals surface area contributed by atoms with Crippen molar-refractivity contribution >= 4 is 23.7 Å². The van der Waals surface area contributed by atoms with Crippen LogP contribution in [-0.4, -0.2) is 18.0 Å². The molecule has 0 aliphatic heterocycles. The minimum Gasteiger partial charge on any atom is -0.457 e. The van der Waals surface area contributed by atoms with Crippen molar-refractivity contribution in [3.8, 4) is 11.5 Å². The summed E-state index contributed by atoms with van der Waals surface area (Å²) in [6.07, 6.45) is 1.44.